The van der Waals surface area contributed by atoms with E-state index in [2.05, 4.69) is 32.9 Å². The van der Waals surface area contributed by atoms with E-state index in [9.17, 15) is 4.79 Å². The predicted octanol–water partition coefficient (Wildman–Crippen LogP) is 4.15. The Kier molecular flexibility index (Phi) is 3.48. The van der Waals surface area contributed by atoms with E-state index in [0.717, 1.165) is 19.5 Å². The molecule has 0 unspecified atom stereocenters. The molecular formula is C14H9IN2OS. The number of thiazole rings is 1. The monoisotopic (exact) mass is 380 g/mol. The van der Waals surface area contributed by atoms with Gasteiger partial charge >= 0.3 is 0 Å². The number of amides is 1. The van der Waals surface area contributed by atoms with Gasteiger partial charge in [0.05, 0.1) is 15.7 Å². The Morgan fingerprint density at radius 2 is 2.11 bits per heavy atom. The Bertz CT molecular complexity index is 754. The summed E-state index contributed by atoms with van der Waals surface area (Å²) in [6.45, 7) is 0. The molecule has 0 fully saturated rings. The minimum absolute atomic E-state index is 0.0950. The van der Waals surface area contributed by atoms with Gasteiger partial charge in [0, 0.05) is 14.8 Å². The highest BCUT2D eigenvalue weighted by Crippen LogP contribution is 2.22. The Morgan fingerprint density at radius 3 is 2.95 bits per heavy atom. The van der Waals surface area contributed by atoms with Gasteiger partial charge in [-0.2, -0.15) is 0 Å². The van der Waals surface area contributed by atoms with Crippen molar-refractivity contribution in [2.75, 3.05) is 5.32 Å². The minimum Gasteiger partial charge on any atom is -0.322 e. The Morgan fingerprint density at radius 1 is 1.21 bits per heavy atom. The number of aromatic nitrogens is 1. The number of carbonyl (C=O) groups excluding carboxylic acids is 1. The lowest BCUT2D eigenvalue weighted by Gasteiger charge is -2.05. The van der Waals surface area contributed by atoms with Crippen LogP contribution < -0.4 is 5.32 Å². The third-order valence-electron chi connectivity index (χ3n) is 2.68. The average Bonchev–Trinajstić information content (AvgIpc) is 2.86. The van der Waals surface area contributed by atoms with Crippen molar-refractivity contribution in [3.63, 3.8) is 0 Å². The van der Waals surface area contributed by atoms with Crippen LogP contribution in [0.15, 0.2) is 48.0 Å². The summed E-state index contributed by atoms with van der Waals surface area (Å²) < 4.78 is 2.11. The van der Waals surface area contributed by atoms with Crippen molar-refractivity contribution in [1.82, 2.24) is 4.98 Å². The van der Waals surface area contributed by atoms with Crippen LogP contribution in [-0.2, 0) is 0 Å². The molecule has 2 aromatic carbocycles. The fourth-order valence-corrected chi connectivity index (χ4v) is 3.03. The molecule has 1 heterocycles. The van der Waals surface area contributed by atoms with E-state index >= 15 is 0 Å². The fraction of sp³-hybridized carbons (Fsp3) is 0. The standard InChI is InChI=1S/C14H9IN2OS/c15-10-3-1-2-9(6-10)14(18)17-11-4-5-12-13(7-11)19-8-16-12/h1-8H,(H,17,18). The van der Waals surface area contributed by atoms with Gasteiger partial charge in [0.2, 0.25) is 0 Å². The summed E-state index contributed by atoms with van der Waals surface area (Å²) in [5.41, 5.74) is 4.21. The van der Waals surface area contributed by atoms with Crippen LogP contribution in [0.2, 0.25) is 0 Å². The van der Waals surface area contributed by atoms with E-state index in [1.807, 2.05) is 42.5 Å². The second kappa shape index (κ2) is 5.26. The highest BCUT2D eigenvalue weighted by Gasteiger charge is 2.07. The number of halogens is 1. The molecule has 0 spiro atoms. The molecule has 94 valence electrons. The molecule has 3 nitrogen and oxygen atoms in total. The van der Waals surface area contributed by atoms with Crippen LogP contribution in [0.4, 0.5) is 5.69 Å². The van der Waals surface area contributed by atoms with Crippen molar-refractivity contribution >= 4 is 55.7 Å². The van der Waals surface area contributed by atoms with Gasteiger partial charge in [0.25, 0.3) is 5.91 Å². The van der Waals surface area contributed by atoms with Crippen molar-refractivity contribution in [2.24, 2.45) is 0 Å². The van der Waals surface area contributed by atoms with Crippen LogP contribution in [0.3, 0.4) is 0 Å². The number of nitrogens with one attached hydrogen (secondary N) is 1. The molecule has 0 aliphatic rings. The molecule has 1 aromatic heterocycles. The molecule has 5 heteroatoms. The first-order chi connectivity index (χ1) is 9.22. The van der Waals surface area contributed by atoms with Gasteiger partial charge in [-0.1, -0.05) is 6.07 Å². The van der Waals surface area contributed by atoms with Crippen LogP contribution in [0.25, 0.3) is 10.2 Å². The van der Waals surface area contributed by atoms with E-state index in [-0.39, 0.29) is 5.91 Å². The molecule has 0 atom stereocenters. The van der Waals surface area contributed by atoms with Crippen molar-refractivity contribution in [3.05, 3.63) is 57.1 Å². The number of hydrogen-bond acceptors (Lipinski definition) is 3. The van der Waals surface area contributed by atoms with Gasteiger partial charge < -0.3 is 5.32 Å². The number of anilines is 1. The zero-order valence-electron chi connectivity index (χ0n) is 9.76. The summed E-state index contributed by atoms with van der Waals surface area (Å²) in [6.07, 6.45) is 0. The first-order valence-electron chi connectivity index (χ1n) is 5.62. The SMILES string of the molecule is O=C(Nc1ccc2ncsc2c1)c1cccc(I)c1. The Labute approximate surface area is 127 Å². The number of benzene rings is 2. The topological polar surface area (TPSA) is 42.0 Å². The van der Waals surface area contributed by atoms with E-state index < -0.39 is 0 Å². The molecule has 0 saturated heterocycles. The minimum atomic E-state index is -0.0950. The zero-order valence-corrected chi connectivity index (χ0v) is 12.7. The number of hydrogen-bond donors (Lipinski definition) is 1. The molecular weight excluding hydrogens is 371 g/mol. The maximum absolute atomic E-state index is 12.1. The highest BCUT2D eigenvalue weighted by atomic mass is 127. The molecule has 1 N–H and O–H groups in total. The summed E-state index contributed by atoms with van der Waals surface area (Å²) in [4.78, 5) is 16.3. The number of rotatable bonds is 2. The second-order valence-electron chi connectivity index (χ2n) is 4.00. The van der Waals surface area contributed by atoms with Crippen molar-refractivity contribution < 1.29 is 4.79 Å². The molecule has 19 heavy (non-hydrogen) atoms. The van der Waals surface area contributed by atoms with Gasteiger partial charge in [-0.15, -0.1) is 11.3 Å². The van der Waals surface area contributed by atoms with Gasteiger partial charge in [0.1, 0.15) is 0 Å². The Balaban J connectivity index is 1.86. The number of carbonyl (C=O) groups is 1. The quantitative estimate of drug-likeness (QED) is 0.679. The summed E-state index contributed by atoms with van der Waals surface area (Å²) in [6, 6.07) is 13.2. The van der Waals surface area contributed by atoms with Crippen LogP contribution in [0.5, 0.6) is 0 Å². The maximum Gasteiger partial charge on any atom is 0.255 e. The lowest BCUT2D eigenvalue weighted by atomic mass is 10.2. The van der Waals surface area contributed by atoms with Gasteiger partial charge in [0.15, 0.2) is 0 Å². The molecule has 0 aliphatic carbocycles. The second-order valence-corrected chi connectivity index (χ2v) is 6.13. The van der Waals surface area contributed by atoms with Crippen LogP contribution in [0, 0.1) is 3.57 Å². The number of fused-ring (bicyclic) bond motifs is 1. The number of nitrogens with zero attached hydrogens (tertiary/aromatic N) is 1. The first-order valence-corrected chi connectivity index (χ1v) is 7.58. The van der Waals surface area contributed by atoms with Crippen LogP contribution in [0.1, 0.15) is 10.4 Å². The summed E-state index contributed by atoms with van der Waals surface area (Å²) in [5.74, 6) is -0.0950. The lowest BCUT2D eigenvalue weighted by Crippen LogP contribution is -2.11. The van der Waals surface area contributed by atoms with Gasteiger partial charge in [-0.25, -0.2) is 4.98 Å². The summed E-state index contributed by atoms with van der Waals surface area (Å²) in [5, 5.41) is 2.90. The van der Waals surface area contributed by atoms with Crippen molar-refractivity contribution in [1.29, 1.82) is 0 Å². The average molecular weight is 380 g/mol. The smallest absolute Gasteiger partial charge is 0.255 e. The molecule has 3 rings (SSSR count). The van der Waals surface area contributed by atoms with E-state index in [4.69, 9.17) is 0 Å². The molecule has 0 radical (unpaired) electrons. The van der Waals surface area contributed by atoms with Gasteiger partial charge in [-0.05, 0) is 59.0 Å². The van der Waals surface area contributed by atoms with E-state index in [1.54, 1.807) is 16.8 Å². The highest BCUT2D eigenvalue weighted by molar-refractivity contribution is 14.1. The summed E-state index contributed by atoms with van der Waals surface area (Å²) in [7, 11) is 0. The molecule has 3 aromatic rings. The van der Waals surface area contributed by atoms with Crippen LogP contribution in [-0.4, -0.2) is 10.9 Å². The van der Waals surface area contributed by atoms with Crippen molar-refractivity contribution in [2.45, 2.75) is 0 Å². The van der Waals surface area contributed by atoms with Gasteiger partial charge in [-0.3, -0.25) is 4.79 Å². The normalized spacial score (nSPS) is 10.6. The summed E-state index contributed by atoms with van der Waals surface area (Å²) >= 11 is 3.76. The van der Waals surface area contributed by atoms with E-state index in [0.29, 0.717) is 5.56 Å². The largest absolute Gasteiger partial charge is 0.322 e. The first kappa shape index (κ1) is 12.6. The predicted molar refractivity (Wildman–Crippen MR) is 86.7 cm³/mol. The zero-order chi connectivity index (χ0) is 13.2. The lowest BCUT2D eigenvalue weighted by molar-refractivity contribution is 0.102. The maximum atomic E-state index is 12.1. The molecule has 0 bridgehead atoms. The van der Waals surface area contributed by atoms with Crippen LogP contribution >= 0.6 is 33.9 Å². The third-order valence-corrected chi connectivity index (χ3v) is 4.14. The molecule has 0 saturated carbocycles. The fourth-order valence-electron chi connectivity index (χ4n) is 1.77. The molecule has 0 aliphatic heterocycles. The Hall–Kier alpha value is -1.47. The molecule has 1 amide bonds. The third kappa shape index (κ3) is 2.76. The van der Waals surface area contributed by atoms with E-state index in [1.165, 1.54) is 0 Å². The van der Waals surface area contributed by atoms with Crippen molar-refractivity contribution in [3.8, 4) is 0 Å².